The largest absolute Gasteiger partial charge is 0.364 e. The van der Waals surface area contributed by atoms with E-state index in [0.717, 1.165) is 35.4 Å². The fraction of sp³-hybridized carbons (Fsp3) is 0.545. The van der Waals surface area contributed by atoms with Crippen molar-refractivity contribution in [2.24, 2.45) is 5.73 Å². The third-order valence-corrected chi connectivity index (χ3v) is 6.46. The summed E-state index contributed by atoms with van der Waals surface area (Å²) in [5.41, 5.74) is 9.19. The van der Waals surface area contributed by atoms with Gasteiger partial charge in [-0.25, -0.2) is 4.98 Å². The Hall–Kier alpha value is -2.74. The van der Waals surface area contributed by atoms with E-state index in [0.29, 0.717) is 18.5 Å². The Kier molecular flexibility index (Phi) is 5.48. The van der Waals surface area contributed by atoms with E-state index in [2.05, 4.69) is 31.2 Å². The van der Waals surface area contributed by atoms with Crippen molar-refractivity contribution in [3.63, 3.8) is 0 Å². The summed E-state index contributed by atoms with van der Waals surface area (Å²) in [6.45, 7) is 0.638. The molecule has 4 N–H and O–H groups in total. The lowest BCUT2D eigenvalue weighted by molar-refractivity contribution is 0.402. The van der Waals surface area contributed by atoms with Gasteiger partial charge in [0.1, 0.15) is 0 Å². The topological polar surface area (TPSA) is 107 Å². The molecule has 2 aliphatic rings. The molecule has 2 atom stereocenters. The summed E-state index contributed by atoms with van der Waals surface area (Å²) >= 11 is 0. The number of nitrogens with two attached hydrogens (primary N) is 1. The quantitative estimate of drug-likeness (QED) is 0.574. The minimum atomic E-state index is 0.143. The van der Waals surface area contributed by atoms with Crippen molar-refractivity contribution in [1.29, 1.82) is 0 Å². The van der Waals surface area contributed by atoms with Crippen LogP contribution in [0.25, 0.3) is 11.2 Å². The maximum atomic E-state index is 6.36. The van der Waals surface area contributed by atoms with Crippen LogP contribution in [-0.4, -0.2) is 36.6 Å². The van der Waals surface area contributed by atoms with Crippen LogP contribution in [0.3, 0.4) is 0 Å². The Labute approximate surface area is 176 Å². The second kappa shape index (κ2) is 8.55. The Morgan fingerprint density at radius 3 is 2.70 bits per heavy atom. The molecule has 2 fully saturated rings. The number of anilines is 2. The molecule has 5 rings (SSSR count). The number of rotatable bonds is 6. The first-order valence-corrected chi connectivity index (χ1v) is 11.2. The van der Waals surface area contributed by atoms with Crippen molar-refractivity contribution in [3.05, 3.63) is 36.4 Å². The summed E-state index contributed by atoms with van der Waals surface area (Å²) in [6, 6.07) is 4.82. The maximum absolute atomic E-state index is 6.36. The highest BCUT2D eigenvalue weighted by Crippen LogP contribution is 2.33. The normalized spacial score (nSPS) is 22.4. The second-order valence-electron chi connectivity index (χ2n) is 8.57. The van der Waals surface area contributed by atoms with Gasteiger partial charge in [0.2, 0.25) is 5.95 Å². The Morgan fingerprint density at radius 1 is 1.07 bits per heavy atom. The first kappa shape index (κ1) is 19.2. The fourth-order valence-corrected chi connectivity index (χ4v) is 4.75. The number of imidazole rings is 1. The SMILES string of the molecule is NC1CCCCC1Nc1nc(NCc2cccnc2)c2ncn(C3CCCC3)c2n1. The van der Waals surface area contributed by atoms with E-state index < -0.39 is 0 Å². The standard InChI is InChI=1S/C22H30N8/c23-17-9-3-4-10-18(17)27-22-28-20(25-13-15-6-5-11-24-12-15)19-21(29-22)30(14-26-19)16-7-1-2-8-16/h5-6,11-12,14,16-18H,1-4,7-10,13,23H2,(H2,25,27,28,29). The molecule has 0 aromatic carbocycles. The summed E-state index contributed by atoms with van der Waals surface area (Å²) in [5.74, 6) is 1.39. The van der Waals surface area contributed by atoms with E-state index >= 15 is 0 Å². The first-order valence-electron chi connectivity index (χ1n) is 11.2. The third kappa shape index (κ3) is 3.96. The average molecular weight is 407 g/mol. The van der Waals surface area contributed by atoms with Crippen molar-refractivity contribution < 1.29 is 0 Å². The molecule has 30 heavy (non-hydrogen) atoms. The molecule has 0 spiro atoms. The van der Waals surface area contributed by atoms with Crippen molar-refractivity contribution in [3.8, 4) is 0 Å². The number of hydrogen-bond donors (Lipinski definition) is 3. The molecule has 0 saturated heterocycles. The van der Waals surface area contributed by atoms with Gasteiger partial charge < -0.3 is 20.9 Å². The van der Waals surface area contributed by atoms with E-state index in [4.69, 9.17) is 15.7 Å². The summed E-state index contributed by atoms with van der Waals surface area (Å²) in [7, 11) is 0. The van der Waals surface area contributed by atoms with Gasteiger partial charge in [0, 0.05) is 37.1 Å². The van der Waals surface area contributed by atoms with Gasteiger partial charge in [-0.15, -0.1) is 0 Å². The Balaban J connectivity index is 1.47. The van der Waals surface area contributed by atoms with E-state index in [1.165, 1.54) is 38.5 Å². The summed E-state index contributed by atoms with van der Waals surface area (Å²) in [5, 5.41) is 6.99. The predicted octanol–water partition coefficient (Wildman–Crippen LogP) is 3.63. The highest BCUT2D eigenvalue weighted by atomic mass is 15.2. The predicted molar refractivity (Wildman–Crippen MR) is 118 cm³/mol. The monoisotopic (exact) mass is 406 g/mol. The highest BCUT2D eigenvalue weighted by molar-refractivity contribution is 5.84. The fourth-order valence-electron chi connectivity index (χ4n) is 4.75. The Morgan fingerprint density at radius 2 is 1.90 bits per heavy atom. The van der Waals surface area contributed by atoms with Gasteiger partial charge in [-0.05, 0) is 37.3 Å². The van der Waals surface area contributed by atoms with E-state index in [1.54, 1.807) is 6.20 Å². The van der Waals surface area contributed by atoms with Gasteiger partial charge in [-0.1, -0.05) is 31.7 Å². The molecule has 3 heterocycles. The highest BCUT2D eigenvalue weighted by Gasteiger charge is 2.25. The molecule has 0 radical (unpaired) electrons. The number of hydrogen-bond acceptors (Lipinski definition) is 7. The van der Waals surface area contributed by atoms with Gasteiger partial charge in [0.15, 0.2) is 17.0 Å². The van der Waals surface area contributed by atoms with Gasteiger partial charge in [-0.3, -0.25) is 4.98 Å². The molecule has 2 aliphatic carbocycles. The van der Waals surface area contributed by atoms with Crippen LogP contribution in [0.5, 0.6) is 0 Å². The van der Waals surface area contributed by atoms with Crippen LogP contribution in [0, 0.1) is 0 Å². The maximum Gasteiger partial charge on any atom is 0.227 e. The molecule has 2 saturated carbocycles. The van der Waals surface area contributed by atoms with Crippen LogP contribution in [0.4, 0.5) is 11.8 Å². The minimum absolute atomic E-state index is 0.143. The number of aromatic nitrogens is 5. The lowest BCUT2D eigenvalue weighted by Crippen LogP contribution is -2.43. The van der Waals surface area contributed by atoms with Crippen LogP contribution in [0.15, 0.2) is 30.9 Å². The van der Waals surface area contributed by atoms with Gasteiger partial charge in [0.05, 0.1) is 6.33 Å². The van der Waals surface area contributed by atoms with Gasteiger partial charge in [-0.2, -0.15) is 9.97 Å². The number of nitrogens with one attached hydrogen (secondary N) is 2. The van der Waals surface area contributed by atoms with Crippen molar-refractivity contribution >= 4 is 22.9 Å². The number of pyridine rings is 1. The van der Waals surface area contributed by atoms with E-state index in [9.17, 15) is 0 Å². The van der Waals surface area contributed by atoms with Crippen LogP contribution in [-0.2, 0) is 6.54 Å². The van der Waals surface area contributed by atoms with Crippen LogP contribution in [0.2, 0.25) is 0 Å². The van der Waals surface area contributed by atoms with Crippen molar-refractivity contribution in [2.45, 2.75) is 76.0 Å². The molecule has 3 aromatic rings. The Bertz CT molecular complexity index is 979. The lowest BCUT2D eigenvalue weighted by atomic mass is 9.91. The molecule has 158 valence electrons. The minimum Gasteiger partial charge on any atom is -0.364 e. The van der Waals surface area contributed by atoms with E-state index in [-0.39, 0.29) is 12.1 Å². The first-order chi connectivity index (χ1) is 14.8. The molecular formula is C22H30N8. The van der Waals surface area contributed by atoms with Crippen molar-refractivity contribution in [2.75, 3.05) is 10.6 Å². The molecule has 8 heteroatoms. The number of nitrogens with zero attached hydrogens (tertiary/aromatic N) is 5. The molecular weight excluding hydrogens is 376 g/mol. The summed E-state index contributed by atoms with van der Waals surface area (Å²) in [6.07, 6.45) is 15.0. The van der Waals surface area contributed by atoms with Crippen LogP contribution >= 0.6 is 0 Å². The summed E-state index contributed by atoms with van der Waals surface area (Å²) in [4.78, 5) is 18.6. The average Bonchev–Trinajstić information content (AvgIpc) is 3.44. The summed E-state index contributed by atoms with van der Waals surface area (Å²) < 4.78 is 2.24. The molecule has 0 aliphatic heterocycles. The lowest BCUT2D eigenvalue weighted by Gasteiger charge is -2.29. The molecule has 8 nitrogen and oxygen atoms in total. The van der Waals surface area contributed by atoms with Gasteiger partial charge >= 0.3 is 0 Å². The van der Waals surface area contributed by atoms with Crippen LogP contribution in [0.1, 0.15) is 63.0 Å². The van der Waals surface area contributed by atoms with E-state index in [1.807, 2.05) is 18.6 Å². The third-order valence-electron chi connectivity index (χ3n) is 6.46. The zero-order valence-electron chi connectivity index (χ0n) is 17.3. The smallest absolute Gasteiger partial charge is 0.227 e. The molecule has 3 aromatic heterocycles. The zero-order chi connectivity index (χ0) is 20.3. The zero-order valence-corrected chi connectivity index (χ0v) is 17.3. The van der Waals surface area contributed by atoms with Crippen molar-refractivity contribution in [1.82, 2.24) is 24.5 Å². The van der Waals surface area contributed by atoms with Crippen LogP contribution < -0.4 is 16.4 Å². The number of fused-ring (bicyclic) bond motifs is 1. The van der Waals surface area contributed by atoms with Gasteiger partial charge in [0.25, 0.3) is 0 Å². The molecule has 0 bridgehead atoms. The second-order valence-corrected chi connectivity index (χ2v) is 8.57. The molecule has 2 unspecified atom stereocenters. The molecule has 0 amide bonds.